The van der Waals surface area contributed by atoms with Gasteiger partial charge in [0.05, 0.1) is 19.0 Å². The summed E-state index contributed by atoms with van der Waals surface area (Å²) in [7, 11) is -2.95. The second-order valence-electron chi connectivity index (χ2n) is 13.1. The number of rotatable bonds is 22. The van der Waals surface area contributed by atoms with Gasteiger partial charge in [0.25, 0.3) is 0 Å². The van der Waals surface area contributed by atoms with Gasteiger partial charge in [-0.1, -0.05) is 57.8 Å². The Morgan fingerprint density at radius 1 is 0.635 bits per heavy atom. The molecular formula is C32H39F15N2O2Si. The monoisotopic (exact) mass is 796 g/mol. The van der Waals surface area contributed by atoms with E-state index in [-0.39, 0.29) is 37.1 Å². The first-order chi connectivity index (χ1) is 23.7. The van der Waals surface area contributed by atoms with Gasteiger partial charge in [-0.25, -0.2) is 18.7 Å². The molecule has 0 fully saturated rings. The van der Waals surface area contributed by atoms with Crippen LogP contribution < -0.4 is 9.47 Å². The second kappa shape index (κ2) is 17.5. The molecule has 20 heteroatoms. The predicted molar refractivity (Wildman–Crippen MR) is 164 cm³/mol. The van der Waals surface area contributed by atoms with Gasteiger partial charge in [-0.3, -0.25) is 0 Å². The van der Waals surface area contributed by atoms with Crippen molar-refractivity contribution in [1.29, 1.82) is 0 Å². The van der Waals surface area contributed by atoms with Gasteiger partial charge >= 0.3 is 35.8 Å². The number of ether oxygens (including phenoxy) is 2. The van der Waals surface area contributed by atoms with Crippen molar-refractivity contribution in [2.45, 2.75) is 125 Å². The zero-order chi connectivity index (χ0) is 39.8. The summed E-state index contributed by atoms with van der Waals surface area (Å²) < 4.78 is 213. The largest absolute Gasteiger partial charge is 0.494 e. The molecular weight excluding hydrogens is 757 g/mol. The zero-order valence-corrected chi connectivity index (χ0v) is 29.3. The van der Waals surface area contributed by atoms with Crippen LogP contribution in [0, 0.1) is 0 Å². The Bertz CT molecular complexity index is 1380. The minimum absolute atomic E-state index is 0.0865. The van der Waals surface area contributed by atoms with Crippen molar-refractivity contribution in [2.75, 3.05) is 13.2 Å². The van der Waals surface area contributed by atoms with Gasteiger partial charge in [0.1, 0.15) is 18.5 Å². The van der Waals surface area contributed by atoms with Crippen molar-refractivity contribution in [3.63, 3.8) is 0 Å². The van der Waals surface area contributed by atoms with Crippen molar-refractivity contribution >= 4 is 8.07 Å². The number of aromatic nitrogens is 2. The lowest BCUT2D eigenvalue weighted by molar-refractivity contribution is -0.439. The molecule has 2 atom stereocenters. The Hall–Kier alpha value is -2.93. The zero-order valence-electron chi connectivity index (χ0n) is 28.3. The van der Waals surface area contributed by atoms with E-state index in [9.17, 15) is 65.9 Å². The SMILES string of the molecule is CCCCCC(F)C(F)COc1cnc(-c2ccc(OCCCC[Si](C)(C)CCC(F)(F)C(F)(F)C(F)(F)C(F)(F)C(F)(F)C(F)(F)F)cc2)nc1. The first kappa shape index (κ1) is 45.2. The van der Waals surface area contributed by atoms with Gasteiger partial charge in [-0.2, -0.15) is 57.1 Å². The molecule has 298 valence electrons. The summed E-state index contributed by atoms with van der Waals surface area (Å²) in [5.41, 5.74) is 0.563. The van der Waals surface area contributed by atoms with Gasteiger partial charge in [0, 0.05) is 20.1 Å². The van der Waals surface area contributed by atoms with Crippen LogP contribution in [0.3, 0.4) is 0 Å². The maximum Gasteiger partial charge on any atom is 0.460 e. The van der Waals surface area contributed by atoms with E-state index in [1.54, 1.807) is 24.3 Å². The highest BCUT2D eigenvalue weighted by atomic mass is 28.3. The van der Waals surface area contributed by atoms with Crippen LogP contribution in [0.4, 0.5) is 65.9 Å². The molecule has 0 spiro atoms. The van der Waals surface area contributed by atoms with Crippen LogP contribution in [-0.2, 0) is 0 Å². The molecule has 2 unspecified atom stereocenters. The highest BCUT2D eigenvalue weighted by Gasteiger charge is 2.90. The van der Waals surface area contributed by atoms with Gasteiger partial charge in [0.15, 0.2) is 17.7 Å². The van der Waals surface area contributed by atoms with E-state index in [1.165, 1.54) is 25.5 Å². The quantitative estimate of drug-likeness (QED) is 0.0676. The molecule has 0 bridgehead atoms. The summed E-state index contributed by atoms with van der Waals surface area (Å²) >= 11 is 0. The Morgan fingerprint density at radius 3 is 1.73 bits per heavy atom. The fraction of sp³-hybridized carbons (Fsp3) is 0.688. The second-order valence-corrected chi connectivity index (χ2v) is 18.4. The molecule has 1 aromatic heterocycles. The first-order valence-electron chi connectivity index (χ1n) is 16.2. The molecule has 52 heavy (non-hydrogen) atoms. The number of alkyl halides is 15. The Labute approximate surface area is 291 Å². The fourth-order valence-electron chi connectivity index (χ4n) is 4.77. The summed E-state index contributed by atoms with van der Waals surface area (Å²) in [6.07, 6.45) is -7.51. The van der Waals surface area contributed by atoms with Crippen molar-refractivity contribution in [2.24, 2.45) is 0 Å². The van der Waals surface area contributed by atoms with Crippen LogP contribution in [0.25, 0.3) is 11.4 Å². The molecule has 0 saturated carbocycles. The maximum absolute atomic E-state index is 14.2. The van der Waals surface area contributed by atoms with Crippen LogP contribution in [-0.4, -0.2) is 79.4 Å². The number of benzene rings is 1. The molecule has 0 aliphatic heterocycles. The molecule has 0 amide bonds. The summed E-state index contributed by atoms with van der Waals surface area (Å²) in [5, 5.41) is 0. The molecule has 0 aliphatic carbocycles. The molecule has 0 saturated heterocycles. The molecule has 1 aromatic carbocycles. The minimum atomic E-state index is -7.90. The minimum Gasteiger partial charge on any atom is -0.494 e. The van der Waals surface area contributed by atoms with Crippen molar-refractivity contribution in [3.05, 3.63) is 36.7 Å². The number of halogens is 15. The lowest BCUT2D eigenvalue weighted by atomic mass is 9.93. The van der Waals surface area contributed by atoms with E-state index < -0.39 is 75.3 Å². The van der Waals surface area contributed by atoms with Gasteiger partial charge < -0.3 is 9.47 Å². The molecule has 0 radical (unpaired) electrons. The summed E-state index contributed by atoms with van der Waals surface area (Å²) in [6, 6.07) is 5.62. The number of unbranched alkanes of at least 4 members (excludes halogenated alkanes) is 3. The fourth-order valence-corrected chi connectivity index (χ4v) is 7.21. The van der Waals surface area contributed by atoms with E-state index in [1.807, 2.05) is 6.92 Å². The third-order valence-electron chi connectivity index (χ3n) is 8.26. The standard InChI is InChI=1S/C32H39F15N2O2Si/c1-4-5-6-9-24(33)25(34)20-51-23-18-48-26(49-19-23)21-10-12-22(13-11-21)50-15-7-8-16-52(2,3)17-14-27(35,36)28(37,38)29(39,40)30(41,42)31(43,44)32(45,46)47/h10-13,18-19,24-25H,4-9,14-17,20H2,1-3H3. The molecule has 2 rings (SSSR count). The number of nitrogens with zero attached hydrogens (tertiary/aromatic N) is 2. The van der Waals surface area contributed by atoms with Crippen molar-refractivity contribution in [3.8, 4) is 22.9 Å². The first-order valence-corrected chi connectivity index (χ1v) is 19.6. The molecule has 4 nitrogen and oxygen atoms in total. The smallest absolute Gasteiger partial charge is 0.460 e. The molecule has 0 N–H and O–H groups in total. The molecule has 2 aromatic rings. The summed E-state index contributed by atoms with van der Waals surface area (Å²) in [6.45, 7) is 4.32. The van der Waals surface area contributed by atoms with Crippen LogP contribution in [0.15, 0.2) is 36.7 Å². The predicted octanol–water partition coefficient (Wildman–Crippen LogP) is 11.8. The van der Waals surface area contributed by atoms with E-state index in [0.717, 1.165) is 12.8 Å². The van der Waals surface area contributed by atoms with Crippen LogP contribution in [0.5, 0.6) is 11.5 Å². The van der Waals surface area contributed by atoms with E-state index >= 15 is 0 Å². The van der Waals surface area contributed by atoms with Gasteiger partial charge in [-0.05, 0) is 37.1 Å². The van der Waals surface area contributed by atoms with E-state index in [4.69, 9.17) is 9.47 Å². The Kier molecular flexibility index (Phi) is 15.2. The average Bonchev–Trinajstić information content (AvgIpc) is 3.06. The Balaban J connectivity index is 1.84. The van der Waals surface area contributed by atoms with Gasteiger partial charge in [-0.15, -0.1) is 0 Å². The van der Waals surface area contributed by atoms with E-state index in [2.05, 4.69) is 9.97 Å². The van der Waals surface area contributed by atoms with Crippen molar-refractivity contribution < 1.29 is 75.3 Å². The summed E-state index contributed by atoms with van der Waals surface area (Å²) in [5.74, 6) is -35.9. The normalized spacial score (nSPS) is 15.0. The molecule has 1 heterocycles. The van der Waals surface area contributed by atoms with Crippen LogP contribution in [0.2, 0.25) is 25.2 Å². The lowest BCUT2D eigenvalue weighted by Gasteiger charge is -2.40. The van der Waals surface area contributed by atoms with Crippen LogP contribution >= 0.6 is 0 Å². The third-order valence-corrected chi connectivity index (χ3v) is 11.6. The van der Waals surface area contributed by atoms with Gasteiger partial charge in [0.2, 0.25) is 0 Å². The Morgan fingerprint density at radius 2 is 1.19 bits per heavy atom. The number of hydrogen-bond acceptors (Lipinski definition) is 4. The molecule has 0 aliphatic rings. The van der Waals surface area contributed by atoms with Crippen molar-refractivity contribution in [1.82, 2.24) is 9.97 Å². The van der Waals surface area contributed by atoms with E-state index in [0.29, 0.717) is 24.2 Å². The highest BCUT2D eigenvalue weighted by molar-refractivity contribution is 6.77. The third kappa shape index (κ3) is 10.8. The topological polar surface area (TPSA) is 44.2 Å². The summed E-state index contributed by atoms with van der Waals surface area (Å²) in [4.78, 5) is 8.27. The van der Waals surface area contributed by atoms with Crippen LogP contribution in [0.1, 0.15) is 51.9 Å². The maximum atomic E-state index is 14.2. The highest BCUT2D eigenvalue weighted by Crippen LogP contribution is 2.61. The number of hydrogen-bond donors (Lipinski definition) is 0. The average molecular weight is 797 g/mol. The lowest BCUT2D eigenvalue weighted by Crippen LogP contribution is -2.70.